The standard InChI is InChI=1S/C14H20N2O3/c1-3-15-8-4-5-11(15)12(17)16-9-6-14(2,7-10-16)13(18)19/h4-5,8H,3,6-7,9-10H2,1-2H3,(H,18,19). The van der Waals surface area contributed by atoms with E-state index < -0.39 is 11.4 Å². The van der Waals surface area contributed by atoms with E-state index in [9.17, 15) is 14.7 Å². The fourth-order valence-corrected chi connectivity index (χ4v) is 2.46. The smallest absolute Gasteiger partial charge is 0.309 e. The monoisotopic (exact) mass is 264 g/mol. The van der Waals surface area contributed by atoms with Gasteiger partial charge in [-0.1, -0.05) is 0 Å². The van der Waals surface area contributed by atoms with Crippen molar-refractivity contribution in [2.24, 2.45) is 5.41 Å². The van der Waals surface area contributed by atoms with Crippen LogP contribution in [0.2, 0.25) is 0 Å². The van der Waals surface area contributed by atoms with Gasteiger partial charge in [0, 0.05) is 25.8 Å². The molecular formula is C14H20N2O3. The molecule has 0 aromatic carbocycles. The summed E-state index contributed by atoms with van der Waals surface area (Å²) in [6.45, 7) is 5.53. The molecular weight excluding hydrogens is 244 g/mol. The first-order chi connectivity index (χ1) is 8.98. The van der Waals surface area contributed by atoms with Crippen LogP contribution < -0.4 is 0 Å². The third-order valence-electron chi connectivity index (χ3n) is 4.06. The van der Waals surface area contributed by atoms with Crippen LogP contribution >= 0.6 is 0 Å². The Morgan fingerprint density at radius 3 is 2.53 bits per heavy atom. The minimum atomic E-state index is -0.767. The quantitative estimate of drug-likeness (QED) is 0.906. The van der Waals surface area contributed by atoms with Gasteiger partial charge in [0.05, 0.1) is 5.41 Å². The van der Waals surface area contributed by atoms with Crippen molar-refractivity contribution >= 4 is 11.9 Å². The number of hydrogen-bond donors (Lipinski definition) is 1. The summed E-state index contributed by atoms with van der Waals surface area (Å²) in [5.41, 5.74) is -0.00906. The molecule has 2 heterocycles. The largest absolute Gasteiger partial charge is 0.481 e. The van der Waals surface area contributed by atoms with E-state index in [0.717, 1.165) is 6.54 Å². The SMILES string of the molecule is CCn1cccc1C(=O)N1CCC(C)(C(=O)O)CC1. The number of aryl methyl sites for hydroxylation is 1. The molecule has 1 aliphatic heterocycles. The number of piperidine rings is 1. The topological polar surface area (TPSA) is 62.5 Å². The Kier molecular flexibility index (Phi) is 3.64. The summed E-state index contributed by atoms with van der Waals surface area (Å²) in [4.78, 5) is 25.3. The second-order valence-electron chi connectivity index (χ2n) is 5.34. The van der Waals surface area contributed by atoms with Crippen LogP contribution in [0.4, 0.5) is 0 Å². The Morgan fingerprint density at radius 2 is 2.00 bits per heavy atom. The molecule has 5 heteroatoms. The highest BCUT2D eigenvalue weighted by Crippen LogP contribution is 2.31. The van der Waals surface area contributed by atoms with Crippen LogP contribution in [-0.2, 0) is 11.3 Å². The van der Waals surface area contributed by atoms with Gasteiger partial charge in [0.15, 0.2) is 0 Å². The summed E-state index contributed by atoms with van der Waals surface area (Å²) < 4.78 is 1.91. The van der Waals surface area contributed by atoms with Gasteiger partial charge < -0.3 is 14.6 Å². The van der Waals surface area contributed by atoms with Gasteiger partial charge in [-0.05, 0) is 38.8 Å². The van der Waals surface area contributed by atoms with Crippen LogP contribution in [-0.4, -0.2) is 39.5 Å². The fraction of sp³-hybridized carbons (Fsp3) is 0.571. The number of carbonyl (C=O) groups excluding carboxylic acids is 1. The Hall–Kier alpha value is -1.78. The van der Waals surface area contributed by atoms with Crippen molar-refractivity contribution in [2.75, 3.05) is 13.1 Å². The van der Waals surface area contributed by atoms with Crippen LogP contribution in [0.15, 0.2) is 18.3 Å². The fourth-order valence-electron chi connectivity index (χ4n) is 2.46. The van der Waals surface area contributed by atoms with E-state index in [4.69, 9.17) is 0 Å². The first-order valence-electron chi connectivity index (χ1n) is 6.66. The Bertz CT molecular complexity index is 485. The third-order valence-corrected chi connectivity index (χ3v) is 4.06. The lowest BCUT2D eigenvalue weighted by molar-refractivity contribution is -0.150. The number of rotatable bonds is 3. The zero-order chi connectivity index (χ0) is 14.0. The summed E-state index contributed by atoms with van der Waals surface area (Å²) in [7, 11) is 0. The van der Waals surface area contributed by atoms with Crippen LogP contribution in [0, 0.1) is 5.41 Å². The molecule has 1 N–H and O–H groups in total. The van der Waals surface area contributed by atoms with E-state index in [2.05, 4.69) is 0 Å². The first-order valence-corrected chi connectivity index (χ1v) is 6.66. The molecule has 0 aliphatic carbocycles. The van der Waals surface area contributed by atoms with Gasteiger partial charge >= 0.3 is 5.97 Å². The highest BCUT2D eigenvalue weighted by atomic mass is 16.4. The number of hydrogen-bond acceptors (Lipinski definition) is 2. The van der Waals surface area contributed by atoms with Crippen molar-refractivity contribution in [3.8, 4) is 0 Å². The first kappa shape index (κ1) is 13.6. The van der Waals surface area contributed by atoms with E-state index in [1.165, 1.54) is 0 Å². The van der Waals surface area contributed by atoms with Gasteiger partial charge in [-0.2, -0.15) is 0 Å². The zero-order valence-electron chi connectivity index (χ0n) is 11.4. The normalized spacial score (nSPS) is 18.3. The highest BCUT2D eigenvalue weighted by Gasteiger charge is 2.38. The van der Waals surface area contributed by atoms with Gasteiger partial charge in [0.25, 0.3) is 5.91 Å². The predicted molar refractivity (Wildman–Crippen MR) is 71.0 cm³/mol. The highest BCUT2D eigenvalue weighted by molar-refractivity contribution is 5.93. The number of carboxylic acid groups (broad SMARTS) is 1. The second-order valence-corrected chi connectivity index (χ2v) is 5.34. The molecule has 0 unspecified atom stereocenters. The van der Waals surface area contributed by atoms with Crippen molar-refractivity contribution < 1.29 is 14.7 Å². The average Bonchev–Trinajstić information content (AvgIpc) is 2.87. The zero-order valence-corrected chi connectivity index (χ0v) is 11.4. The molecule has 1 amide bonds. The molecule has 1 aromatic rings. The van der Waals surface area contributed by atoms with E-state index in [0.29, 0.717) is 31.6 Å². The van der Waals surface area contributed by atoms with Crippen LogP contribution in [0.25, 0.3) is 0 Å². The molecule has 1 saturated heterocycles. The molecule has 5 nitrogen and oxygen atoms in total. The van der Waals surface area contributed by atoms with E-state index >= 15 is 0 Å². The minimum absolute atomic E-state index is 0.000659. The Balaban J connectivity index is 2.06. The summed E-state index contributed by atoms with van der Waals surface area (Å²) in [5.74, 6) is -0.768. The number of aliphatic carboxylic acids is 1. The molecule has 1 aromatic heterocycles. The van der Waals surface area contributed by atoms with Crippen molar-refractivity contribution in [3.05, 3.63) is 24.0 Å². The number of nitrogens with zero attached hydrogens (tertiary/aromatic N) is 2. The maximum Gasteiger partial charge on any atom is 0.309 e. The van der Waals surface area contributed by atoms with Gasteiger partial charge in [-0.3, -0.25) is 9.59 Å². The molecule has 1 fully saturated rings. The lowest BCUT2D eigenvalue weighted by atomic mass is 9.80. The molecule has 19 heavy (non-hydrogen) atoms. The Labute approximate surface area is 112 Å². The maximum absolute atomic E-state index is 12.4. The van der Waals surface area contributed by atoms with Crippen molar-refractivity contribution in [2.45, 2.75) is 33.2 Å². The van der Waals surface area contributed by atoms with Crippen molar-refractivity contribution in [1.29, 1.82) is 0 Å². The number of carbonyl (C=O) groups is 2. The van der Waals surface area contributed by atoms with Crippen LogP contribution in [0.1, 0.15) is 37.2 Å². The summed E-state index contributed by atoms with van der Waals surface area (Å²) >= 11 is 0. The maximum atomic E-state index is 12.4. The summed E-state index contributed by atoms with van der Waals surface area (Å²) in [5, 5.41) is 9.18. The summed E-state index contributed by atoms with van der Waals surface area (Å²) in [6, 6.07) is 3.68. The molecule has 1 aliphatic rings. The number of carboxylic acids is 1. The van der Waals surface area contributed by atoms with Gasteiger partial charge in [-0.25, -0.2) is 0 Å². The van der Waals surface area contributed by atoms with Crippen molar-refractivity contribution in [1.82, 2.24) is 9.47 Å². The predicted octanol–water partition coefficient (Wildman–Crippen LogP) is 1.83. The minimum Gasteiger partial charge on any atom is -0.481 e. The van der Waals surface area contributed by atoms with Gasteiger partial charge in [-0.15, -0.1) is 0 Å². The lowest BCUT2D eigenvalue weighted by Gasteiger charge is -2.36. The number of amides is 1. The van der Waals surface area contributed by atoms with Crippen LogP contribution in [0.3, 0.4) is 0 Å². The lowest BCUT2D eigenvalue weighted by Crippen LogP contribution is -2.45. The molecule has 0 atom stereocenters. The Morgan fingerprint density at radius 1 is 1.37 bits per heavy atom. The molecule has 0 bridgehead atoms. The second kappa shape index (κ2) is 5.07. The third kappa shape index (κ3) is 2.50. The number of aromatic nitrogens is 1. The average molecular weight is 264 g/mol. The number of likely N-dealkylation sites (tertiary alicyclic amines) is 1. The van der Waals surface area contributed by atoms with Crippen molar-refractivity contribution in [3.63, 3.8) is 0 Å². The molecule has 0 radical (unpaired) electrons. The molecule has 0 spiro atoms. The van der Waals surface area contributed by atoms with E-state index in [1.54, 1.807) is 11.8 Å². The van der Waals surface area contributed by atoms with E-state index in [-0.39, 0.29) is 5.91 Å². The van der Waals surface area contributed by atoms with E-state index in [1.807, 2.05) is 29.8 Å². The summed E-state index contributed by atoms with van der Waals surface area (Å²) in [6.07, 6.45) is 2.92. The van der Waals surface area contributed by atoms with Gasteiger partial charge in [0.1, 0.15) is 5.69 Å². The van der Waals surface area contributed by atoms with Crippen LogP contribution in [0.5, 0.6) is 0 Å². The molecule has 0 saturated carbocycles. The molecule has 2 rings (SSSR count). The van der Waals surface area contributed by atoms with Gasteiger partial charge in [0.2, 0.25) is 0 Å². The molecule has 104 valence electrons.